The second kappa shape index (κ2) is 4.25. The fourth-order valence-electron chi connectivity index (χ4n) is 2.23. The van der Waals surface area contributed by atoms with Gasteiger partial charge in [-0.05, 0) is 25.0 Å². The Morgan fingerprint density at radius 1 is 1.33 bits per heavy atom. The normalized spacial score (nSPS) is 17.2. The summed E-state index contributed by atoms with van der Waals surface area (Å²) in [7, 11) is 0. The molecule has 0 saturated carbocycles. The minimum absolute atomic E-state index is 0.154. The van der Waals surface area contributed by atoms with Crippen molar-refractivity contribution in [3.05, 3.63) is 22.6 Å². The highest BCUT2D eigenvalue weighted by molar-refractivity contribution is 5.55. The van der Waals surface area contributed by atoms with Gasteiger partial charge in [0.05, 0.1) is 0 Å². The van der Waals surface area contributed by atoms with Crippen LogP contribution in [0.3, 0.4) is 0 Å². The van der Waals surface area contributed by atoms with E-state index in [4.69, 9.17) is 0 Å². The molecule has 18 heavy (non-hydrogen) atoms. The number of carbonyl (C=O) groups is 1. The zero-order valence-electron chi connectivity index (χ0n) is 9.74. The van der Waals surface area contributed by atoms with Crippen LogP contribution in [0.2, 0.25) is 0 Å². The molecule has 7 heteroatoms. The van der Waals surface area contributed by atoms with Crippen LogP contribution in [0.5, 0.6) is 0 Å². The van der Waals surface area contributed by atoms with Crippen LogP contribution >= 0.6 is 0 Å². The Labute approximate surface area is 102 Å². The quantitative estimate of drug-likeness (QED) is 0.745. The number of hydrogen-bond donors (Lipinski definition) is 1. The summed E-state index contributed by atoms with van der Waals surface area (Å²) in [5.41, 5.74) is 0.168. The monoisotopic (exact) mass is 247 g/mol. The number of fused-ring (bicyclic) bond motifs is 1. The van der Waals surface area contributed by atoms with Gasteiger partial charge in [-0.15, -0.1) is 5.10 Å². The first-order valence-corrected chi connectivity index (χ1v) is 5.92. The number of hydrogen-bond acceptors (Lipinski definition) is 5. The van der Waals surface area contributed by atoms with Gasteiger partial charge in [-0.3, -0.25) is 0 Å². The van der Waals surface area contributed by atoms with Gasteiger partial charge in [-0.25, -0.2) is 9.89 Å². The highest BCUT2D eigenvalue weighted by Crippen LogP contribution is 2.20. The summed E-state index contributed by atoms with van der Waals surface area (Å²) in [6, 6.07) is 3.60. The zero-order chi connectivity index (χ0) is 12.5. The first kappa shape index (κ1) is 10.9. The van der Waals surface area contributed by atoms with Crippen molar-refractivity contribution >= 4 is 17.8 Å². The van der Waals surface area contributed by atoms with Crippen molar-refractivity contribution in [1.82, 2.24) is 19.8 Å². The Bertz CT molecular complexity index is 624. The van der Waals surface area contributed by atoms with Gasteiger partial charge in [0.25, 0.3) is 0 Å². The maximum atomic E-state index is 11.4. The van der Waals surface area contributed by atoms with Gasteiger partial charge >= 0.3 is 5.69 Å². The third-order valence-corrected chi connectivity index (χ3v) is 3.32. The Hall–Kier alpha value is -2.18. The smallest absolute Gasteiger partial charge is 0.355 e. The van der Waals surface area contributed by atoms with Crippen LogP contribution in [0, 0.1) is 5.92 Å². The first-order valence-electron chi connectivity index (χ1n) is 5.92. The predicted octanol–water partition coefficient (Wildman–Crippen LogP) is -0.167. The number of rotatable bonds is 2. The van der Waals surface area contributed by atoms with Gasteiger partial charge in [0, 0.05) is 19.0 Å². The van der Waals surface area contributed by atoms with E-state index >= 15 is 0 Å². The topological polar surface area (TPSA) is 83.4 Å². The van der Waals surface area contributed by atoms with Crippen molar-refractivity contribution in [2.45, 2.75) is 12.8 Å². The third kappa shape index (κ3) is 1.77. The van der Waals surface area contributed by atoms with Crippen LogP contribution in [0.4, 0.5) is 5.82 Å². The Balaban J connectivity index is 1.88. The lowest BCUT2D eigenvalue weighted by Crippen LogP contribution is -2.35. The average Bonchev–Trinajstić information content (AvgIpc) is 2.80. The van der Waals surface area contributed by atoms with Crippen LogP contribution in [0.15, 0.2) is 16.9 Å². The second-order valence-corrected chi connectivity index (χ2v) is 4.45. The van der Waals surface area contributed by atoms with Crippen LogP contribution in [0.1, 0.15) is 12.8 Å². The zero-order valence-corrected chi connectivity index (χ0v) is 9.74. The maximum Gasteiger partial charge on any atom is 0.364 e. The fourth-order valence-corrected chi connectivity index (χ4v) is 2.23. The molecule has 0 aromatic carbocycles. The van der Waals surface area contributed by atoms with E-state index in [0.29, 0.717) is 5.65 Å². The van der Waals surface area contributed by atoms with Gasteiger partial charge in [-0.1, -0.05) is 0 Å². The molecule has 3 heterocycles. The molecule has 7 nitrogen and oxygen atoms in total. The number of aromatic amines is 1. The van der Waals surface area contributed by atoms with Gasteiger partial charge in [0.1, 0.15) is 12.1 Å². The Morgan fingerprint density at radius 2 is 2.11 bits per heavy atom. The standard InChI is InChI=1S/C11H13N5O2/c17-7-8-3-5-15(6-4-8)10-2-1-9-12-13-11(18)16(9)14-10/h1-2,7-8H,3-6H2,(H,13,18). The lowest BCUT2D eigenvalue weighted by atomic mass is 9.99. The molecule has 94 valence electrons. The number of nitrogens with one attached hydrogen (secondary N) is 1. The second-order valence-electron chi connectivity index (χ2n) is 4.45. The number of nitrogens with zero attached hydrogens (tertiary/aromatic N) is 4. The molecule has 1 aliphatic rings. The minimum atomic E-state index is -0.338. The van der Waals surface area contributed by atoms with E-state index in [9.17, 15) is 9.59 Å². The molecule has 1 saturated heterocycles. The molecular formula is C11H13N5O2. The lowest BCUT2D eigenvalue weighted by Gasteiger charge is -2.30. The van der Waals surface area contributed by atoms with Crippen LogP contribution in [0.25, 0.3) is 5.65 Å². The average molecular weight is 247 g/mol. The molecule has 1 aliphatic heterocycles. The summed E-state index contributed by atoms with van der Waals surface area (Å²) in [6.07, 6.45) is 2.70. The Kier molecular flexibility index (Phi) is 2.58. The summed E-state index contributed by atoms with van der Waals surface area (Å²) in [5, 5.41) is 10.4. The number of aldehydes is 1. The summed E-state index contributed by atoms with van der Waals surface area (Å²) in [6.45, 7) is 1.57. The number of piperidine rings is 1. The van der Waals surface area contributed by atoms with Gasteiger partial charge in [-0.2, -0.15) is 9.61 Å². The number of anilines is 1. The lowest BCUT2D eigenvalue weighted by molar-refractivity contribution is -0.111. The number of carbonyl (C=O) groups excluding carboxylic acids is 1. The first-order chi connectivity index (χ1) is 8.78. The van der Waals surface area contributed by atoms with Crippen LogP contribution in [-0.2, 0) is 4.79 Å². The molecule has 2 aromatic heterocycles. The van der Waals surface area contributed by atoms with E-state index in [1.54, 1.807) is 6.07 Å². The number of aromatic nitrogens is 4. The largest absolute Gasteiger partial charge is 0.364 e. The van der Waals surface area contributed by atoms with E-state index in [1.165, 1.54) is 4.52 Å². The van der Waals surface area contributed by atoms with E-state index in [1.807, 2.05) is 6.07 Å². The molecule has 0 spiro atoms. The molecule has 0 unspecified atom stereocenters. The molecule has 0 atom stereocenters. The van der Waals surface area contributed by atoms with Crippen molar-refractivity contribution in [2.24, 2.45) is 5.92 Å². The molecule has 0 aliphatic carbocycles. The third-order valence-electron chi connectivity index (χ3n) is 3.32. The van der Waals surface area contributed by atoms with Gasteiger partial charge in [0.2, 0.25) is 0 Å². The van der Waals surface area contributed by atoms with Crippen LogP contribution < -0.4 is 10.6 Å². The van der Waals surface area contributed by atoms with Gasteiger partial charge in [0.15, 0.2) is 5.65 Å². The highest BCUT2D eigenvalue weighted by atomic mass is 16.2. The van der Waals surface area contributed by atoms with Crippen molar-refractivity contribution in [1.29, 1.82) is 0 Å². The summed E-state index contributed by atoms with van der Waals surface area (Å²) in [4.78, 5) is 24.2. The molecule has 0 amide bonds. The SMILES string of the molecule is O=CC1CCN(c2ccc3n[nH]c(=O)n3n2)CC1. The van der Waals surface area contributed by atoms with E-state index in [-0.39, 0.29) is 11.6 Å². The maximum absolute atomic E-state index is 11.4. The Morgan fingerprint density at radius 3 is 2.83 bits per heavy atom. The molecule has 2 aromatic rings. The summed E-state index contributed by atoms with van der Waals surface area (Å²) in [5.74, 6) is 0.900. The van der Waals surface area contributed by atoms with E-state index in [2.05, 4.69) is 20.2 Å². The van der Waals surface area contributed by atoms with Gasteiger partial charge < -0.3 is 9.69 Å². The van der Waals surface area contributed by atoms with E-state index in [0.717, 1.165) is 38.0 Å². The van der Waals surface area contributed by atoms with Crippen molar-refractivity contribution in [3.8, 4) is 0 Å². The van der Waals surface area contributed by atoms with Crippen LogP contribution in [-0.4, -0.2) is 39.2 Å². The molecule has 0 bridgehead atoms. The summed E-state index contributed by atoms with van der Waals surface area (Å²) >= 11 is 0. The molecule has 0 radical (unpaired) electrons. The van der Waals surface area contributed by atoms with Crippen molar-refractivity contribution < 1.29 is 4.79 Å². The molecular weight excluding hydrogens is 234 g/mol. The fraction of sp³-hybridized carbons (Fsp3) is 0.455. The predicted molar refractivity (Wildman–Crippen MR) is 64.6 cm³/mol. The van der Waals surface area contributed by atoms with Crippen molar-refractivity contribution in [3.63, 3.8) is 0 Å². The highest BCUT2D eigenvalue weighted by Gasteiger charge is 2.20. The molecule has 1 N–H and O–H groups in total. The summed E-state index contributed by atoms with van der Waals surface area (Å²) < 4.78 is 1.25. The minimum Gasteiger partial charge on any atom is -0.355 e. The van der Waals surface area contributed by atoms with E-state index < -0.39 is 0 Å². The molecule has 3 rings (SSSR count). The van der Waals surface area contributed by atoms with Crippen molar-refractivity contribution in [2.75, 3.05) is 18.0 Å². The molecule has 1 fully saturated rings. The number of H-pyrrole nitrogens is 1.